The van der Waals surface area contributed by atoms with Crippen LogP contribution in [0.25, 0.3) is 0 Å². The number of carbonyl (C=O) groups is 2. The first kappa shape index (κ1) is 15.3. The van der Waals surface area contributed by atoms with Gasteiger partial charge in [-0.1, -0.05) is 19.3 Å². The molecule has 20 heavy (non-hydrogen) atoms. The van der Waals surface area contributed by atoms with Crippen molar-refractivity contribution in [1.82, 2.24) is 10.2 Å². The molecule has 5 heteroatoms. The Labute approximate surface area is 121 Å². The highest BCUT2D eigenvalue weighted by atomic mass is 16.2. The lowest BCUT2D eigenvalue weighted by atomic mass is 9.87. The van der Waals surface area contributed by atoms with Crippen molar-refractivity contribution in [3.05, 3.63) is 0 Å². The molecule has 3 N–H and O–H groups in total. The Morgan fingerprint density at radius 3 is 2.55 bits per heavy atom. The van der Waals surface area contributed by atoms with Gasteiger partial charge in [-0.25, -0.2) is 0 Å². The van der Waals surface area contributed by atoms with E-state index in [1.807, 2.05) is 0 Å². The van der Waals surface area contributed by atoms with Gasteiger partial charge >= 0.3 is 0 Å². The normalized spacial score (nSPS) is 24.4. The molecule has 2 fully saturated rings. The number of nitrogens with one attached hydrogen (secondary N) is 1. The van der Waals surface area contributed by atoms with Crippen molar-refractivity contribution < 1.29 is 9.59 Å². The summed E-state index contributed by atoms with van der Waals surface area (Å²) < 4.78 is 0. The van der Waals surface area contributed by atoms with Gasteiger partial charge in [-0.15, -0.1) is 0 Å². The summed E-state index contributed by atoms with van der Waals surface area (Å²) in [7, 11) is 0. The molecule has 1 heterocycles. The number of nitrogens with two attached hydrogens (primary N) is 1. The van der Waals surface area contributed by atoms with Crippen LogP contribution in [-0.4, -0.2) is 42.4 Å². The molecule has 114 valence electrons. The number of amides is 2. The SMILES string of the molecule is NC1CCCN(C(=O)CNC(=O)CC2CCCCC2)C1. The molecule has 0 radical (unpaired) electrons. The van der Waals surface area contributed by atoms with Gasteiger partial charge in [0, 0.05) is 25.6 Å². The molecule has 0 aromatic rings. The molecule has 0 spiro atoms. The fourth-order valence-corrected chi connectivity index (χ4v) is 3.25. The van der Waals surface area contributed by atoms with Gasteiger partial charge in [-0.05, 0) is 31.6 Å². The van der Waals surface area contributed by atoms with Gasteiger partial charge in [0.15, 0.2) is 0 Å². The van der Waals surface area contributed by atoms with Crippen molar-refractivity contribution in [1.29, 1.82) is 0 Å². The molecule has 1 saturated carbocycles. The van der Waals surface area contributed by atoms with Crippen molar-refractivity contribution in [2.75, 3.05) is 19.6 Å². The Morgan fingerprint density at radius 1 is 1.10 bits per heavy atom. The van der Waals surface area contributed by atoms with Gasteiger partial charge in [-0.2, -0.15) is 0 Å². The summed E-state index contributed by atoms with van der Waals surface area (Å²) in [6, 6.07) is 0.0886. The van der Waals surface area contributed by atoms with E-state index < -0.39 is 0 Å². The van der Waals surface area contributed by atoms with E-state index >= 15 is 0 Å². The van der Waals surface area contributed by atoms with E-state index in [0.29, 0.717) is 18.9 Å². The maximum Gasteiger partial charge on any atom is 0.242 e. The first-order valence-electron chi connectivity index (χ1n) is 7.95. The second-order valence-corrected chi connectivity index (χ2v) is 6.23. The van der Waals surface area contributed by atoms with Crippen molar-refractivity contribution >= 4 is 11.8 Å². The maximum atomic E-state index is 12.0. The predicted octanol–water partition coefficient (Wildman–Crippen LogP) is 1.02. The zero-order valence-corrected chi connectivity index (χ0v) is 12.3. The minimum absolute atomic E-state index is 0.00264. The molecule has 1 aliphatic carbocycles. The van der Waals surface area contributed by atoms with Gasteiger partial charge in [0.05, 0.1) is 6.54 Å². The molecule has 1 aliphatic heterocycles. The molecule has 1 saturated heterocycles. The minimum atomic E-state index is -0.00264. The molecule has 2 amide bonds. The van der Waals surface area contributed by atoms with Crippen LogP contribution in [0.15, 0.2) is 0 Å². The topological polar surface area (TPSA) is 75.4 Å². The average Bonchev–Trinajstić information content (AvgIpc) is 2.46. The third-order valence-corrected chi connectivity index (χ3v) is 4.45. The van der Waals surface area contributed by atoms with Crippen LogP contribution >= 0.6 is 0 Å². The van der Waals surface area contributed by atoms with Gasteiger partial charge in [0.2, 0.25) is 11.8 Å². The molecule has 0 aromatic carbocycles. The van der Waals surface area contributed by atoms with E-state index in [4.69, 9.17) is 5.73 Å². The Bertz CT molecular complexity index is 340. The molecule has 0 aromatic heterocycles. The third kappa shape index (κ3) is 4.78. The Hall–Kier alpha value is -1.10. The van der Waals surface area contributed by atoms with Crippen LogP contribution in [0.4, 0.5) is 0 Å². The van der Waals surface area contributed by atoms with Crippen LogP contribution in [0.2, 0.25) is 0 Å². The summed E-state index contributed by atoms with van der Waals surface area (Å²) in [6.45, 7) is 1.51. The van der Waals surface area contributed by atoms with E-state index in [1.165, 1.54) is 19.3 Å². The van der Waals surface area contributed by atoms with Crippen LogP contribution in [0, 0.1) is 5.92 Å². The monoisotopic (exact) mass is 281 g/mol. The largest absolute Gasteiger partial charge is 0.347 e. The summed E-state index contributed by atoms with van der Waals surface area (Å²) in [5.74, 6) is 0.533. The Balaban J connectivity index is 1.65. The average molecular weight is 281 g/mol. The van der Waals surface area contributed by atoms with Crippen molar-refractivity contribution in [3.8, 4) is 0 Å². The van der Waals surface area contributed by atoms with Crippen LogP contribution in [-0.2, 0) is 9.59 Å². The quantitative estimate of drug-likeness (QED) is 0.808. The van der Waals surface area contributed by atoms with Crippen molar-refractivity contribution in [2.45, 2.75) is 57.4 Å². The zero-order chi connectivity index (χ0) is 14.4. The number of hydrogen-bond donors (Lipinski definition) is 2. The summed E-state index contributed by atoms with van der Waals surface area (Å²) in [5.41, 5.74) is 5.86. The maximum absolute atomic E-state index is 12.0. The van der Waals surface area contributed by atoms with E-state index in [1.54, 1.807) is 4.90 Å². The highest BCUT2D eigenvalue weighted by Gasteiger charge is 2.22. The number of piperidine rings is 1. The molecular formula is C15H27N3O2. The third-order valence-electron chi connectivity index (χ3n) is 4.45. The number of rotatable bonds is 4. The van der Waals surface area contributed by atoms with Gasteiger partial charge < -0.3 is 16.0 Å². The number of likely N-dealkylation sites (tertiary alicyclic amines) is 1. The smallest absolute Gasteiger partial charge is 0.242 e. The van der Waals surface area contributed by atoms with E-state index in [2.05, 4.69) is 5.32 Å². The van der Waals surface area contributed by atoms with Crippen LogP contribution < -0.4 is 11.1 Å². The van der Waals surface area contributed by atoms with Gasteiger partial charge in [0.1, 0.15) is 0 Å². The molecule has 0 bridgehead atoms. The molecule has 1 atom stereocenters. The van der Waals surface area contributed by atoms with Gasteiger partial charge in [-0.3, -0.25) is 9.59 Å². The second kappa shape index (κ2) is 7.62. The lowest BCUT2D eigenvalue weighted by Gasteiger charge is -2.30. The summed E-state index contributed by atoms with van der Waals surface area (Å²) in [6.07, 6.45) is 8.61. The van der Waals surface area contributed by atoms with Crippen molar-refractivity contribution in [2.24, 2.45) is 11.7 Å². The first-order chi connectivity index (χ1) is 9.65. The Kier molecular flexibility index (Phi) is 5.83. The van der Waals surface area contributed by atoms with Crippen LogP contribution in [0.1, 0.15) is 51.4 Å². The highest BCUT2D eigenvalue weighted by molar-refractivity contribution is 5.84. The summed E-state index contributed by atoms with van der Waals surface area (Å²) in [5, 5.41) is 2.77. The molecule has 2 rings (SSSR count). The predicted molar refractivity (Wildman–Crippen MR) is 78.0 cm³/mol. The first-order valence-corrected chi connectivity index (χ1v) is 7.95. The van der Waals surface area contributed by atoms with Crippen LogP contribution in [0.5, 0.6) is 0 Å². The minimum Gasteiger partial charge on any atom is -0.347 e. The molecule has 5 nitrogen and oxygen atoms in total. The summed E-state index contributed by atoms with van der Waals surface area (Å²) in [4.78, 5) is 25.6. The molecule has 1 unspecified atom stereocenters. The summed E-state index contributed by atoms with van der Waals surface area (Å²) >= 11 is 0. The second-order valence-electron chi connectivity index (χ2n) is 6.23. The molecular weight excluding hydrogens is 254 g/mol. The number of carbonyl (C=O) groups excluding carboxylic acids is 2. The van der Waals surface area contributed by atoms with Gasteiger partial charge in [0.25, 0.3) is 0 Å². The van der Waals surface area contributed by atoms with E-state index in [-0.39, 0.29) is 24.4 Å². The zero-order valence-electron chi connectivity index (χ0n) is 12.3. The van der Waals surface area contributed by atoms with E-state index in [0.717, 1.165) is 32.2 Å². The van der Waals surface area contributed by atoms with Crippen molar-refractivity contribution in [3.63, 3.8) is 0 Å². The standard InChI is InChI=1S/C15H27N3O2/c16-13-7-4-8-18(11-13)15(20)10-17-14(19)9-12-5-2-1-3-6-12/h12-13H,1-11,16H2,(H,17,19). The number of hydrogen-bond acceptors (Lipinski definition) is 3. The Morgan fingerprint density at radius 2 is 1.85 bits per heavy atom. The lowest BCUT2D eigenvalue weighted by Crippen LogP contribution is -2.49. The number of nitrogens with zero attached hydrogens (tertiary/aromatic N) is 1. The van der Waals surface area contributed by atoms with E-state index in [9.17, 15) is 9.59 Å². The van der Waals surface area contributed by atoms with Crippen LogP contribution in [0.3, 0.4) is 0 Å². The molecule has 2 aliphatic rings. The fraction of sp³-hybridized carbons (Fsp3) is 0.867. The lowest BCUT2D eigenvalue weighted by molar-refractivity contribution is -0.134. The fourth-order valence-electron chi connectivity index (χ4n) is 3.25. The highest BCUT2D eigenvalue weighted by Crippen LogP contribution is 2.25.